The van der Waals surface area contributed by atoms with Gasteiger partial charge in [0.05, 0.1) is 6.33 Å². The molecule has 1 saturated heterocycles. The molecule has 23 heavy (non-hydrogen) atoms. The van der Waals surface area contributed by atoms with Crippen molar-refractivity contribution in [3.63, 3.8) is 0 Å². The average Bonchev–Trinajstić information content (AvgIpc) is 3.14. The van der Waals surface area contributed by atoms with Crippen LogP contribution >= 0.6 is 11.8 Å². The molecule has 1 amide bonds. The zero-order valence-corrected chi connectivity index (χ0v) is 14.4. The molecule has 0 unspecified atom stereocenters. The van der Waals surface area contributed by atoms with Gasteiger partial charge in [0.2, 0.25) is 0 Å². The van der Waals surface area contributed by atoms with Crippen LogP contribution in [-0.4, -0.2) is 50.1 Å². The molecule has 0 aromatic carbocycles. The molecule has 2 heterocycles. The molecule has 6 nitrogen and oxygen atoms in total. The van der Waals surface area contributed by atoms with E-state index in [4.69, 9.17) is 4.74 Å². The monoisotopic (exact) mass is 337 g/mol. The van der Waals surface area contributed by atoms with Crippen molar-refractivity contribution in [2.75, 3.05) is 13.2 Å². The highest BCUT2D eigenvalue weighted by Crippen LogP contribution is 2.32. The lowest BCUT2D eigenvalue weighted by molar-refractivity contribution is -0.109. The number of aromatic nitrogens is 2. The zero-order chi connectivity index (χ0) is 16.8. The molecule has 1 fully saturated rings. The summed E-state index contributed by atoms with van der Waals surface area (Å²) in [5.74, 6) is 0. The smallest absolute Gasteiger partial charge is 0.410 e. The third-order valence-corrected chi connectivity index (χ3v) is 4.92. The van der Waals surface area contributed by atoms with E-state index in [0.29, 0.717) is 6.54 Å². The van der Waals surface area contributed by atoms with E-state index in [1.807, 2.05) is 10.8 Å². The number of rotatable bonds is 6. The molecule has 1 aromatic rings. The first-order chi connectivity index (χ1) is 11.0. The van der Waals surface area contributed by atoms with Crippen LogP contribution in [0.15, 0.2) is 31.4 Å². The van der Waals surface area contributed by atoms with Gasteiger partial charge in [0.25, 0.3) is 0 Å². The quantitative estimate of drug-likeness (QED) is 0.747. The van der Waals surface area contributed by atoms with Crippen LogP contribution in [0.4, 0.5) is 4.79 Å². The summed E-state index contributed by atoms with van der Waals surface area (Å²) in [7, 11) is 0. The Morgan fingerprint density at radius 2 is 2.35 bits per heavy atom. The molecule has 7 heteroatoms. The number of nitrogens with zero attached hydrogens (tertiary/aromatic N) is 3. The summed E-state index contributed by atoms with van der Waals surface area (Å²) in [6.45, 7) is 7.96. The Bertz CT molecular complexity index is 547. The van der Waals surface area contributed by atoms with E-state index in [9.17, 15) is 9.59 Å². The summed E-state index contributed by atoms with van der Waals surface area (Å²) >= 11 is 1.31. The lowest BCUT2D eigenvalue weighted by Gasteiger charge is -2.26. The van der Waals surface area contributed by atoms with Crippen LogP contribution in [0.5, 0.6) is 0 Å². The van der Waals surface area contributed by atoms with E-state index in [1.54, 1.807) is 30.4 Å². The molecule has 126 valence electrons. The van der Waals surface area contributed by atoms with E-state index >= 15 is 0 Å². The van der Waals surface area contributed by atoms with Gasteiger partial charge in [-0.05, 0) is 19.8 Å². The maximum Gasteiger partial charge on any atom is 0.410 e. The first-order valence-corrected chi connectivity index (χ1v) is 8.58. The van der Waals surface area contributed by atoms with Crippen LogP contribution in [0.2, 0.25) is 0 Å². The molecule has 2 rings (SSSR count). The van der Waals surface area contributed by atoms with Crippen LogP contribution in [0, 0.1) is 0 Å². The first-order valence-electron chi connectivity index (χ1n) is 7.70. The van der Waals surface area contributed by atoms with Gasteiger partial charge in [-0.15, -0.1) is 0 Å². The van der Waals surface area contributed by atoms with E-state index in [-0.39, 0.29) is 35.1 Å². The molecule has 3 atom stereocenters. The van der Waals surface area contributed by atoms with Gasteiger partial charge in [0, 0.05) is 43.2 Å². The molecule has 1 aliphatic rings. The Kier molecular flexibility index (Phi) is 6.27. The van der Waals surface area contributed by atoms with Crippen molar-refractivity contribution in [3.05, 3.63) is 31.4 Å². The molecule has 0 aliphatic carbocycles. The fourth-order valence-electron chi connectivity index (χ4n) is 2.90. The van der Waals surface area contributed by atoms with Crippen molar-refractivity contribution in [2.24, 2.45) is 0 Å². The normalized spacial score (nSPS) is 21.9. The summed E-state index contributed by atoms with van der Waals surface area (Å²) in [5.41, 5.74) is 0. The summed E-state index contributed by atoms with van der Waals surface area (Å²) in [4.78, 5) is 29.4. The average molecular weight is 337 g/mol. The van der Waals surface area contributed by atoms with Crippen molar-refractivity contribution >= 4 is 23.0 Å². The molecule has 0 spiro atoms. The fourth-order valence-corrected chi connectivity index (χ4v) is 3.92. The molecule has 0 radical (unpaired) electrons. The minimum absolute atomic E-state index is 0.0570. The standard InChI is InChI=1S/C16H23N3O3S/c1-4-7-22-16(21)19-10-15(23-13(3)20)9-14(19)8-12(2)18-6-5-17-11-18/h4-6,11-12,14-15H,1,7-10H2,2-3H3/t12-,14+,15-/m0/s1. The third kappa shape index (κ3) is 4.86. The van der Waals surface area contributed by atoms with Crippen LogP contribution in [0.1, 0.15) is 32.7 Å². The van der Waals surface area contributed by atoms with Gasteiger partial charge in [-0.2, -0.15) is 0 Å². The highest BCUT2D eigenvalue weighted by atomic mass is 32.2. The topological polar surface area (TPSA) is 64.4 Å². The van der Waals surface area contributed by atoms with Crippen LogP contribution in [0.3, 0.4) is 0 Å². The maximum atomic E-state index is 12.3. The highest BCUT2D eigenvalue weighted by Gasteiger charge is 2.37. The number of likely N-dealkylation sites (tertiary alicyclic amines) is 1. The van der Waals surface area contributed by atoms with Gasteiger partial charge in [-0.1, -0.05) is 24.4 Å². The summed E-state index contributed by atoms with van der Waals surface area (Å²) in [6.07, 6.45) is 8.26. The number of carbonyl (C=O) groups excluding carboxylic acids is 2. The van der Waals surface area contributed by atoms with Crippen molar-refractivity contribution in [2.45, 2.75) is 44.0 Å². The second-order valence-corrected chi connectivity index (χ2v) is 7.21. The van der Waals surface area contributed by atoms with Crippen molar-refractivity contribution in [1.29, 1.82) is 0 Å². The number of ether oxygens (including phenoxy) is 1. The van der Waals surface area contributed by atoms with E-state index in [1.165, 1.54) is 11.8 Å². The maximum absolute atomic E-state index is 12.3. The number of thioether (sulfide) groups is 1. The molecular formula is C16H23N3O3S. The van der Waals surface area contributed by atoms with Crippen LogP contribution in [-0.2, 0) is 9.53 Å². The third-order valence-electron chi connectivity index (χ3n) is 3.91. The summed E-state index contributed by atoms with van der Waals surface area (Å²) in [6, 6.07) is 0.278. The molecular weight excluding hydrogens is 314 g/mol. The number of imidazole rings is 1. The fraction of sp³-hybridized carbons (Fsp3) is 0.562. The lowest BCUT2D eigenvalue weighted by atomic mass is 10.1. The predicted molar refractivity (Wildman–Crippen MR) is 90.3 cm³/mol. The van der Waals surface area contributed by atoms with Crippen LogP contribution in [0.25, 0.3) is 0 Å². The Labute approximate surface area is 140 Å². The van der Waals surface area contributed by atoms with Gasteiger partial charge >= 0.3 is 6.09 Å². The predicted octanol–water partition coefficient (Wildman–Crippen LogP) is 2.88. The largest absolute Gasteiger partial charge is 0.445 e. The molecule has 0 bridgehead atoms. The number of hydrogen-bond donors (Lipinski definition) is 0. The Morgan fingerprint density at radius 3 is 2.96 bits per heavy atom. The number of hydrogen-bond acceptors (Lipinski definition) is 5. The van der Waals surface area contributed by atoms with Gasteiger partial charge in [-0.3, -0.25) is 4.79 Å². The van der Waals surface area contributed by atoms with Crippen LogP contribution < -0.4 is 0 Å². The van der Waals surface area contributed by atoms with E-state index in [2.05, 4.69) is 18.5 Å². The van der Waals surface area contributed by atoms with Gasteiger partial charge in [0.1, 0.15) is 6.61 Å². The number of carbonyl (C=O) groups is 2. The van der Waals surface area contributed by atoms with Crippen molar-refractivity contribution in [1.82, 2.24) is 14.5 Å². The summed E-state index contributed by atoms with van der Waals surface area (Å²) < 4.78 is 7.21. The lowest BCUT2D eigenvalue weighted by Crippen LogP contribution is -2.37. The summed E-state index contributed by atoms with van der Waals surface area (Å²) in [5, 5.41) is 0.210. The van der Waals surface area contributed by atoms with Gasteiger partial charge in [0.15, 0.2) is 5.12 Å². The Morgan fingerprint density at radius 1 is 1.57 bits per heavy atom. The SMILES string of the molecule is C=CCOC(=O)N1C[C@@H](SC(C)=O)C[C@H]1C[C@H](C)n1ccnc1. The van der Waals surface area contributed by atoms with E-state index in [0.717, 1.165) is 12.8 Å². The minimum Gasteiger partial charge on any atom is -0.445 e. The molecule has 1 aromatic heterocycles. The van der Waals surface area contributed by atoms with Crippen molar-refractivity contribution in [3.8, 4) is 0 Å². The zero-order valence-electron chi connectivity index (χ0n) is 13.6. The molecule has 0 N–H and O–H groups in total. The second-order valence-electron chi connectivity index (χ2n) is 5.73. The first kappa shape index (κ1) is 17.6. The van der Waals surface area contributed by atoms with Gasteiger partial charge in [-0.25, -0.2) is 9.78 Å². The Balaban J connectivity index is 2.03. The Hall–Kier alpha value is -1.76. The molecule has 0 saturated carbocycles. The highest BCUT2D eigenvalue weighted by molar-refractivity contribution is 8.14. The second kappa shape index (κ2) is 8.19. The molecule has 1 aliphatic heterocycles. The number of amides is 1. The van der Waals surface area contributed by atoms with Gasteiger partial charge < -0.3 is 14.2 Å². The minimum atomic E-state index is -0.334. The van der Waals surface area contributed by atoms with E-state index < -0.39 is 0 Å². The van der Waals surface area contributed by atoms with Crippen molar-refractivity contribution < 1.29 is 14.3 Å².